The van der Waals surface area contributed by atoms with Gasteiger partial charge in [-0.2, -0.15) is 5.21 Å². The van der Waals surface area contributed by atoms with Crippen molar-refractivity contribution in [3.63, 3.8) is 0 Å². The van der Waals surface area contributed by atoms with Gasteiger partial charge in [-0.1, -0.05) is 5.21 Å². The van der Waals surface area contributed by atoms with Gasteiger partial charge in [0.2, 0.25) is 0 Å². The lowest BCUT2D eigenvalue weighted by atomic mass is 10.1. The van der Waals surface area contributed by atoms with Crippen molar-refractivity contribution in [3.05, 3.63) is 5.82 Å². The van der Waals surface area contributed by atoms with Crippen LogP contribution in [-0.4, -0.2) is 39.9 Å². The summed E-state index contributed by atoms with van der Waals surface area (Å²) in [5.74, 6) is 0.714. The van der Waals surface area contributed by atoms with Crippen LogP contribution in [0.25, 0.3) is 0 Å². The number of ether oxygens (including phenoxy) is 1. The van der Waals surface area contributed by atoms with Gasteiger partial charge in [0, 0.05) is 19.3 Å². The van der Waals surface area contributed by atoms with Crippen LogP contribution in [0.5, 0.6) is 0 Å². The zero-order valence-corrected chi connectivity index (χ0v) is 7.36. The molecule has 0 amide bonds. The van der Waals surface area contributed by atoms with Gasteiger partial charge in [0.25, 0.3) is 0 Å². The van der Waals surface area contributed by atoms with E-state index >= 15 is 0 Å². The van der Waals surface area contributed by atoms with Crippen LogP contribution in [0, 0.1) is 0 Å². The molecule has 0 radical (unpaired) electrons. The molecule has 0 bridgehead atoms. The summed E-state index contributed by atoms with van der Waals surface area (Å²) in [5.41, 5.74) is 0. The van der Waals surface area contributed by atoms with Gasteiger partial charge >= 0.3 is 0 Å². The fourth-order valence-electron chi connectivity index (χ4n) is 1.39. The number of nitrogens with one attached hydrogen (secondary N) is 2. The molecular formula is C7H13N5O. The van der Waals surface area contributed by atoms with Gasteiger partial charge in [-0.15, -0.1) is 10.2 Å². The predicted octanol–water partition coefficient (Wildman–Crippen LogP) is -0.532. The summed E-state index contributed by atoms with van der Waals surface area (Å²) >= 11 is 0. The molecule has 2 N–H and O–H groups in total. The van der Waals surface area contributed by atoms with Gasteiger partial charge in [0.05, 0.1) is 6.54 Å². The number of hydrogen-bond acceptors (Lipinski definition) is 5. The van der Waals surface area contributed by atoms with Crippen LogP contribution in [0.3, 0.4) is 0 Å². The maximum absolute atomic E-state index is 5.25. The van der Waals surface area contributed by atoms with E-state index in [1.54, 1.807) is 0 Å². The minimum atomic E-state index is 0.534. The third-order valence-electron chi connectivity index (χ3n) is 2.16. The van der Waals surface area contributed by atoms with Gasteiger partial charge in [-0.25, -0.2) is 0 Å². The van der Waals surface area contributed by atoms with Crippen molar-refractivity contribution in [2.24, 2.45) is 0 Å². The molecule has 1 fully saturated rings. The van der Waals surface area contributed by atoms with E-state index < -0.39 is 0 Å². The Morgan fingerprint density at radius 3 is 3.00 bits per heavy atom. The first-order chi connectivity index (χ1) is 6.45. The SMILES string of the molecule is C1CC(NCc2nn[nH]n2)CCO1. The molecule has 0 aromatic carbocycles. The van der Waals surface area contributed by atoms with Crippen LogP contribution in [0.15, 0.2) is 0 Å². The van der Waals surface area contributed by atoms with E-state index in [9.17, 15) is 0 Å². The number of nitrogens with zero attached hydrogens (tertiary/aromatic N) is 3. The molecule has 1 saturated heterocycles. The molecule has 6 heteroatoms. The third-order valence-corrected chi connectivity index (χ3v) is 2.16. The molecule has 0 spiro atoms. The van der Waals surface area contributed by atoms with Gasteiger partial charge in [0.15, 0.2) is 5.82 Å². The number of hydrogen-bond donors (Lipinski definition) is 2. The largest absolute Gasteiger partial charge is 0.381 e. The third kappa shape index (κ3) is 2.46. The lowest BCUT2D eigenvalue weighted by molar-refractivity contribution is 0.0774. The van der Waals surface area contributed by atoms with Crippen molar-refractivity contribution in [1.82, 2.24) is 25.9 Å². The summed E-state index contributed by atoms with van der Waals surface area (Å²) in [5, 5.41) is 17.0. The summed E-state index contributed by atoms with van der Waals surface area (Å²) in [6, 6.07) is 0.534. The highest BCUT2D eigenvalue weighted by atomic mass is 16.5. The minimum Gasteiger partial charge on any atom is -0.381 e. The lowest BCUT2D eigenvalue weighted by Gasteiger charge is -2.22. The van der Waals surface area contributed by atoms with E-state index in [0.29, 0.717) is 18.4 Å². The molecule has 0 saturated carbocycles. The molecule has 1 aliphatic rings. The minimum absolute atomic E-state index is 0.534. The zero-order valence-electron chi connectivity index (χ0n) is 7.36. The average molecular weight is 183 g/mol. The van der Waals surface area contributed by atoms with E-state index in [2.05, 4.69) is 25.9 Å². The molecule has 2 rings (SSSR count). The fourth-order valence-corrected chi connectivity index (χ4v) is 1.39. The Hall–Kier alpha value is -1.01. The first-order valence-corrected chi connectivity index (χ1v) is 4.48. The van der Waals surface area contributed by atoms with Crippen LogP contribution in [0.1, 0.15) is 18.7 Å². The lowest BCUT2D eigenvalue weighted by Crippen LogP contribution is -2.34. The topological polar surface area (TPSA) is 75.7 Å². The molecule has 72 valence electrons. The van der Waals surface area contributed by atoms with Crippen molar-refractivity contribution in [1.29, 1.82) is 0 Å². The number of aromatic amines is 1. The maximum atomic E-state index is 5.25. The van der Waals surface area contributed by atoms with E-state index in [1.807, 2.05) is 0 Å². The Morgan fingerprint density at radius 2 is 2.31 bits per heavy atom. The molecule has 13 heavy (non-hydrogen) atoms. The smallest absolute Gasteiger partial charge is 0.188 e. The molecule has 2 heterocycles. The van der Waals surface area contributed by atoms with Crippen molar-refractivity contribution >= 4 is 0 Å². The van der Waals surface area contributed by atoms with Crippen LogP contribution in [0.2, 0.25) is 0 Å². The Bertz CT molecular complexity index is 231. The summed E-state index contributed by atoms with van der Waals surface area (Å²) in [4.78, 5) is 0. The molecule has 6 nitrogen and oxygen atoms in total. The second kappa shape index (κ2) is 4.29. The highest BCUT2D eigenvalue weighted by molar-refractivity contribution is 4.78. The van der Waals surface area contributed by atoms with Crippen LogP contribution in [-0.2, 0) is 11.3 Å². The van der Waals surface area contributed by atoms with E-state index in [-0.39, 0.29) is 0 Å². The molecular weight excluding hydrogens is 170 g/mol. The Labute approximate surface area is 76.1 Å². The average Bonchev–Trinajstić information content (AvgIpc) is 2.69. The summed E-state index contributed by atoms with van der Waals surface area (Å²) in [6.07, 6.45) is 2.13. The standard InChI is InChI=1S/C7H13N5O/c1-3-13-4-2-6(1)8-5-7-9-11-12-10-7/h6,8H,1-5H2,(H,9,10,11,12). The Kier molecular flexibility index (Phi) is 2.83. The second-order valence-corrected chi connectivity index (χ2v) is 3.10. The normalized spacial score (nSPS) is 19.1. The number of H-pyrrole nitrogens is 1. The number of tetrazole rings is 1. The molecule has 1 aromatic heterocycles. The Balaban J connectivity index is 1.72. The van der Waals surface area contributed by atoms with E-state index in [1.165, 1.54) is 0 Å². The predicted molar refractivity (Wildman–Crippen MR) is 44.9 cm³/mol. The van der Waals surface area contributed by atoms with Crippen molar-refractivity contribution < 1.29 is 4.74 Å². The molecule has 0 aliphatic carbocycles. The first kappa shape index (κ1) is 8.58. The van der Waals surface area contributed by atoms with Crippen molar-refractivity contribution in [2.45, 2.75) is 25.4 Å². The fraction of sp³-hybridized carbons (Fsp3) is 0.857. The highest BCUT2D eigenvalue weighted by Crippen LogP contribution is 2.06. The van der Waals surface area contributed by atoms with E-state index in [0.717, 1.165) is 26.1 Å². The zero-order chi connectivity index (χ0) is 8.93. The van der Waals surface area contributed by atoms with Crippen molar-refractivity contribution in [2.75, 3.05) is 13.2 Å². The van der Waals surface area contributed by atoms with Gasteiger partial charge in [0.1, 0.15) is 0 Å². The van der Waals surface area contributed by atoms with Crippen LogP contribution in [0.4, 0.5) is 0 Å². The highest BCUT2D eigenvalue weighted by Gasteiger charge is 2.13. The van der Waals surface area contributed by atoms with Crippen molar-refractivity contribution in [3.8, 4) is 0 Å². The van der Waals surface area contributed by atoms with Gasteiger partial charge in [-0.3, -0.25) is 0 Å². The summed E-state index contributed by atoms with van der Waals surface area (Å²) < 4.78 is 5.25. The van der Waals surface area contributed by atoms with Gasteiger partial charge in [-0.05, 0) is 12.8 Å². The van der Waals surface area contributed by atoms with Crippen LogP contribution < -0.4 is 5.32 Å². The monoisotopic (exact) mass is 183 g/mol. The molecule has 0 unspecified atom stereocenters. The molecule has 1 aliphatic heterocycles. The maximum Gasteiger partial charge on any atom is 0.188 e. The van der Waals surface area contributed by atoms with Crippen LogP contribution >= 0.6 is 0 Å². The number of aromatic nitrogens is 4. The molecule has 1 aromatic rings. The Morgan fingerprint density at radius 1 is 1.46 bits per heavy atom. The number of rotatable bonds is 3. The first-order valence-electron chi connectivity index (χ1n) is 4.48. The quantitative estimate of drug-likeness (QED) is 0.658. The second-order valence-electron chi connectivity index (χ2n) is 3.10. The van der Waals surface area contributed by atoms with E-state index in [4.69, 9.17) is 4.74 Å². The summed E-state index contributed by atoms with van der Waals surface area (Å²) in [6.45, 7) is 2.38. The van der Waals surface area contributed by atoms with Gasteiger partial charge < -0.3 is 10.1 Å². The summed E-state index contributed by atoms with van der Waals surface area (Å²) in [7, 11) is 0. The molecule has 0 atom stereocenters.